The van der Waals surface area contributed by atoms with Crippen LogP contribution in [0, 0.1) is 0 Å². The summed E-state index contributed by atoms with van der Waals surface area (Å²) < 4.78 is 53.0. The molecule has 0 atom stereocenters. The van der Waals surface area contributed by atoms with E-state index in [1.807, 2.05) is 6.92 Å². The van der Waals surface area contributed by atoms with Gasteiger partial charge in [-0.3, -0.25) is 4.79 Å². The quantitative estimate of drug-likeness (QED) is 0.519. The van der Waals surface area contributed by atoms with Gasteiger partial charge in [0.15, 0.2) is 5.75 Å². The number of rotatable bonds is 7. The molecule has 0 saturated heterocycles. The lowest BCUT2D eigenvalue weighted by molar-refractivity contribution is -0.274. The number of carbonyl (C=O) groups is 1. The fourth-order valence-electron chi connectivity index (χ4n) is 3.26. The lowest BCUT2D eigenvalue weighted by atomic mass is 10.0. The SMILES string of the molecule is CCCc1c(OC)ccc2cc(C(=O)Nc3ccc(CN)cc3OC(F)(F)F)c(=O)oc12. The smallest absolute Gasteiger partial charge is 0.496 e. The normalized spacial score (nSPS) is 11.4. The van der Waals surface area contributed by atoms with Crippen molar-refractivity contribution in [3.63, 3.8) is 0 Å². The highest BCUT2D eigenvalue weighted by Gasteiger charge is 2.32. The molecule has 1 amide bonds. The number of fused-ring (bicyclic) bond motifs is 1. The van der Waals surface area contributed by atoms with Gasteiger partial charge in [-0.05, 0) is 42.3 Å². The molecule has 1 heterocycles. The number of anilines is 1. The summed E-state index contributed by atoms with van der Waals surface area (Å²) in [6.07, 6.45) is -3.63. The molecule has 3 rings (SSSR count). The van der Waals surface area contributed by atoms with Gasteiger partial charge < -0.3 is 24.9 Å². The van der Waals surface area contributed by atoms with Crippen LogP contribution in [-0.4, -0.2) is 19.4 Å². The van der Waals surface area contributed by atoms with Crippen molar-refractivity contribution in [3.05, 3.63) is 63.5 Å². The second-order valence-corrected chi connectivity index (χ2v) is 6.90. The highest BCUT2D eigenvalue weighted by molar-refractivity contribution is 6.06. The molecule has 2 aromatic carbocycles. The highest BCUT2D eigenvalue weighted by atomic mass is 19.4. The minimum absolute atomic E-state index is 0.0275. The van der Waals surface area contributed by atoms with E-state index in [0.29, 0.717) is 34.3 Å². The first-order valence-electron chi connectivity index (χ1n) is 9.70. The van der Waals surface area contributed by atoms with Gasteiger partial charge in [0.05, 0.1) is 12.8 Å². The number of aryl methyl sites for hydroxylation is 1. The number of ether oxygens (including phenoxy) is 2. The summed E-state index contributed by atoms with van der Waals surface area (Å²) in [4.78, 5) is 25.3. The van der Waals surface area contributed by atoms with Crippen LogP contribution in [0.2, 0.25) is 0 Å². The van der Waals surface area contributed by atoms with Crippen molar-refractivity contribution in [2.45, 2.75) is 32.7 Å². The lowest BCUT2D eigenvalue weighted by Crippen LogP contribution is -2.23. The van der Waals surface area contributed by atoms with E-state index in [0.717, 1.165) is 12.5 Å². The summed E-state index contributed by atoms with van der Waals surface area (Å²) in [7, 11) is 1.50. The summed E-state index contributed by atoms with van der Waals surface area (Å²) in [5.41, 5.74) is 5.24. The largest absolute Gasteiger partial charge is 0.573 e. The molecule has 0 aliphatic heterocycles. The number of nitrogens with one attached hydrogen (secondary N) is 1. The number of amides is 1. The van der Waals surface area contributed by atoms with E-state index < -0.39 is 23.6 Å². The molecule has 0 fully saturated rings. The van der Waals surface area contributed by atoms with E-state index in [2.05, 4.69) is 10.1 Å². The number of carbonyl (C=O) groups excluding carboxylic acids is 1. The van der Waals surface area contributed by atoms with Crippen LogP contribution in [0.4, 0.5) is 18.9 Å². The van der Waals surface area contributed by atoms with Gasteiger partial charge in [0.25, 0.3) is 5.91 Å². The molecule has 0 radical (unpaired) electrons. The van der Waals surface area contributed by atoms with E-state index in [9.17, 15) is 22.8 Å². The zero-order valence-electron chi connectivity index (χ0n) is 17.3. The Balaban J connectivity index is 2.01. The molecular weight excluding hydrogens is 429 g/mol. The zero-order valence-corrected chi connectivity index (χ0v) is 17.3. The third kappa shape index (κ3) is 5.02. The molecule has 0 saturated carbocycles. The number of hydrogen-bond donors (Lipinski definition) is 2. The first-order chi connectivity index (χ1) is 15.2. The predicted molar refractivity (Wildman–Crippen MR) is 112 cm³/mol. The molecule has 0 aliphatic rings. The number of halogens is 3. The maximum absolute atomic E-state index is 12.8. The molecule has 0 spiro atoms. The van der Waals surface area contributed by atoms with Crippen LogP contribution in [0.25, 0.3) is 11.0 Å². The second kappa shape index (κ2) is 9.31. The number of alkyl halides is 3. The van der Waals surface area contributed by atoms with E-state index in [4.69, 9.17) is 14.9 Å². The highest BCUT2D eigenvalue weighted by Crippen LogP contribution is 2.32. The molecule has 3 aromatic rings. The third-order valence-corrected chi connectivity index (χ3v) is 4.68. The molecule has 1 aromatic heterocycles. The molecule has 32 heavy (non-hydrogen) atoms. The Morgan fingerprint density at radius 2 is 1.91 bits per heavy atom. The Labute approximate surface area is 180 Å². The topological polar surface area (TPSA) is 104 Å². The summed E-state index contributed by atoms with van der Waals surface area (Å²) in [5.74, 6) is -1.04. The van der Waals surface area contributed by atoms with Gasteiger partial charge >= 0.3 is 12.0 Å². The molecule has 0 aliphatic carbocycles. The first kappa shape index (κ1) is 23.1. The average molecular weight is 450 g/mol. The predicted octanol–water partition coefficient (Wildman–Crippen LogP) is 4.36. The zero-order chi connectivity index (χ0) is 23.5. The Morgan fingerprint density at radius 3 is 2.53 bits per heavy atom. The summed E-state index contributed by atoms with van der Waals surface area (Å²) in [6, 6.07) is 8.36. The van der Waals surface area contributed by atoms with Gasteiger partial charge in [-0.2, -0.15) is 0 Å². The van der Waals surface area contributed by atoms with Gasteiger partial charge in [-0.1, -0.05) is 19.4 Å². The Bertz CT molecular complexity index is 1200. The van der Waals surface area contributed by atoms with Crippen LogP contribution in [0.5, 0.6) is 11.5 Å². The van der Waals surface area contributed by atoms with Crippen LogP contribution in [-0.2, 0) is 13.0 Å². The van der Waals surface area contributed by atoms with Crippen molar-refractivity contribution in [1.82, 2.24) is 0 Å². The summed E-state index contributed by atoms with van der Waals surface area (Å²) >= 11 is 0. The van der Waals surface area contributed by atoms with Gasteiger partial charge in [0.2, 0.25) is 0 Å². The average Bonchev–Trinajstić information content (AvgIpc) is 2.74. The molecule has 10 heteroatoms. The molecule has 0 bridgehead atoms. The Morgan fingerprint density at radius 1 is 1.16 bits per heavy atom. The molecule has 0 unspecified atom stereocenters. The monoisotopic (exact) mass is 450 g/mol. The fourth-order valence-corrected chi connectivity index (χ4v) is 3.26. The number of benzene rings is 2. The maximum Gasteiger partial charge on any atom is 0.573 e. The van der Waals surface area contributed by atoms with Gasteiger partial charge in [0.1, 0.15) is 16.9 Å². The molecule has 170 valence electrons. The number of nitrogens with two attached hydrogens (primary N) is 1. The van der Waals surface area contributed by atoms with Crippen molar-refractivity contribution in [3.8, 4) is 11.5 Å². The van der Waals surface area contributed by atoms with E-state index in [1.54, 1.807) is 12.1 Å². The van der Waals surface area contributed by atoms with Gasteiger partial charge in [-0.15, -0.1) is 13.2 Å². The van der Waals surface area contributed by atoms with Gasteiger partial charge in [0, 0.05) is 17.5 Å². The van der Waals surface area contributed by atoms with Crippen molar-refractivity contribution in [2.75, 3.05) is 12.4 Å². The van der Waals surface area contributed by atoms with Crippen molar-refractivity contribution < 1.29 is 31.9 Å². The maximum atomic E-state index is 12.8. The molecule has 3 N–H and O–H groups in total. The minimum Gasteiger partial charge on any atom is -0.496 e. The van der Waals surface area contributed by atoms with Crippen LogP contribution in [0.15, 0.2) is 45.6 Å². The van der Waals surface area contributed by atoms with E-state index in [-0.39, 0.29) is 17.8 Å². The summed E-state index contributed by atoms with van der Waals surface area (Å²) in [6.45, 7) is 1.93. The van der Waals surface area contributed by atoms with Crippen LogP contribution in [0.3, 0.4) is 0 Å². The van der Waals surface area contributed by atoms with Crippen molar-refractivity contribution >= 4 is 22.6 Å². The molecule has 7 nitrogen and oxygen atoms in total. The second-order valence-electron chi connectivity index (χ2n) is 6.90. The fraction of sp³-hybridized carbons (Fsp3) is 0.273. The van der Waals surface area contributed by atoms with E-state index in [1.165, 1.54) is 25.3 Å². The summed E-state index contributed by atoms with van der Waals surface area (Å²) in [5, 5.41) is 2.76. The minimum atomic E-state index is -4.98. The van der Waals surface area contributed by atoms with Crippen molar-refractivity contribution in [1.29, 1.82) is 0 Å². The number of hydrogen-bond acceptors (Lipinski definition) is 6. The van der Waals surface area contributed by atoms with E-state index >= 15 is 0 Å². The standard InChI is InChI=1S/C22H21F3N2O5/c1-3-4-14-17(30-2)8-6-13-10-15(21(29)31-19(13)14)20(28)27-16-7-5-12(11-26)9-18(16)32-22(23,24)25/h5-10H,3-4,11,26H2,1-2H3,(H,27,28). The third-order valence-electron chi connectivity index (χ3n) is 4.68. The van der Waals surface area contributed by atoms with Crippen LogP contribution < -0.4 is 26.1 Å². The number of methoxy groups -OCH3 is 1. The Hall–Kier alpha value is -3.53. The van der Waals surface area contributed by atoms with Crippen LogP contribution in [0.1, 0.15) is 34.8 Å². The molecular formula is C22H21F3N2O5. The van der Waals surface area contributed by atoms with Crippen LogP contribution >= 0.6 is 0 Å². The van der Waals surface area contributed by atoms with Crippen molar-refractivity contribution in [2.24, 2.45) is 5.73 Å². The first-order valence-corrected chi connectivity index (χ1v) is 9.70. The van der Waals surface area contributed by atoms with Gasteiger partial charge in [-0.25, -0.2) is 4.79 Å². The Kier molecular flexibility index (Phi) is 6.73. The lowest BCUT2D eigenvalue weighted by Gasteiger charge is -2.15.